The van der Waals surface area contributed by atoms with E-state index in [0.29, 0.717) is 13.1 Å². The Morgan fingerprint density at radius 2 is 2.13 bits per heavy atom. The molecule has 5 nitrogen and oxygen atoms in total. The number of carbonyl (C=O) groups excluding carboxylic acids is 1. The van der Waals surface area contributed by atoms with Crippen molar-refractivity contribution in [3.05, 3.63) is 58.3 Å². The summed E-state index contributed by atoms with van der Waals surface area (Å²) in [7, 11) is 0. The topological polar surface area (TPSA) is 75.8 Å². The van der Waals surface area contributed by atoms with Gasteiger partial charge in [-0.1, -0.05) is 36.4 Å². The predicted octanol–water partition coefficient (Wildman–Crippen LogP) is 2.16. The lowest BCUT2D eigenvalue weighted by atomic mass is 9.87. The number of ether oxygens (including phenoxy) is 1. The van der Waals surface area contributed by atoms with Crippen LogP contribution in [0.25, 0.3) is 0 Å². The van der Waals surface area contributed by atoms with Crippen LogP contribution in [0.3, 0.4) is 0 Å². The Bertz CT molecular complexity index is 647. The van der Waals surface area contributed by atoms with Gasteiger partial charge in [-0.25, -0.2) is 4.79 Å². The van der Waals surface area contributed by atoms with Gasteiger partial charge in [0.15, 0.2) is 0 Å². The maximum Gasteiger partial charge on any atom is 0.410 e. The molecule has 0 saturated carbocycles. The van der Waals surface area contributed by atoms with Gasteiger partial charge in [0.25, 0.3) is 0 Å². The number of hydrogen-bond donors (Lipinski definition) is 2. The number of rotatable bonds is 4. The van der Waals surface area contributed by atoms with Gasteiger partial charge in [0.05, 0.1) is 5.54 Å². The first-order valence-electron chi connectivity index (χ1n) is 7.53. The number of aliphatic hydroxyl groups excluding tert-OH is 1. The standard InChI is InChI=1S/C17H20N2O3S/c18-17(15-7-4-8-23-15)12-19(9-14(17)10-20)16(21)22-11-13-5-2-1-3-6-13/h1-8,14,20H,9-12,18H2/t14-,17+/m1/s1. The van der Waals surface area contributed by atoms with E-state index in [0.717, 1.165) is 10.4 Å². The number of hydrogen-bond acceptors (Lipinski definition) is 5. The molecule has 1 aliphatic heterocycles. The third kappa shape index (κ3) is 3.24. The lowest BCUT2D eigenvalue weighted by Gasteiger charge is -2.27. The van der Waals surface area contributed by atoms with Crippen LogP contribution in [0.1, 0.15) is 10.4 Å². The molecule has 1 fully saturated rings. The molecular weight excluding hydrogens is 312 g/mol. The molecule has 2 atom stereocenters. The highest BCUT2D eigenvalue weighted by Gasteiger charge is 2.47. The fraction of sp³-hybridized carbons (Fsp3) is 0.353. The van der Waals surface area contributed by atoms with E-state index in [1.807, 2.05) is 47.8 Å². The zero-order valence-electron chi connectivity index (χ0n) is 12.7. The van der Waals surface area contributed by atoms with Crippen molar-refractivity contribution in [2.45, 2.75) is 12.1 Å². The van der Waals surface area contributed by atoms with E-state index in [4.69, 9.17) is 10.5 Å². The van der Waals surface area contributed by atoms with Gasteiger partial charge in [-0.05, 0) is 17.0 Å². The molecule has 1 aromatic heterocycles. The zero-order chi connectivity index (χ0) is 16.3. The van der Waals surface area contributed by atoms with Gasteiger partial charge in [-0.15, -0.1) is 11.3 Å². The Kier molecular flexibility index (Phi) is 4.66. The van der Waals surface area contributed by atoms with Crippen molar-refractivity contribution in [3.8, 4) is 0 Å². The smallest absolute Gasteiger partial charge is 0.410 e. The van der Waals surface area contributed by atoms with Crippen molar-refractivity contribution in [3.63, 3.8) is 0 Å². The number of carbonyl (C=O) groups is 1. The molecule has 2 heterocycles. The monoisotopic (exact) mass is 332 g/mol. The van der Waals surface area contributed by atoms with Gasteiger partial charge in [0, 0.05) is 30.5 Å². The highest BCUT2D eigenvalue weighted by atomic mass is 32.1. The summed E-state index contributed by atoms with van der Waals surface area (Å²) in [6, 6.07) is 13.4. The Morgan fingerprint density at radius 3 is 2.78 bits per heavy atom. The number of benzene rings is 1. The van der Waals surface area contributed by atoms with Gasteiger partial charge < -0.3 is 20.5 Å². The van der Waals surface area contributed by atoms with Crippen LogP contribution in [0.2, 0.25) is 0 Å². The van der Waals surface area contributed by atoms with Gasteiger partial charge in [-0.3, -0.25) is 0 Å². The molecule has 6 heteroatoms. The highest BCUT2D eigenvalue weighted by Crippen LogP contribution is 2.37. The molecule has 1 aliphatic rings. The van der Waals surface area contributed by atoms with Crippen molar-refractivity contribution >= 4 is 17.4 Å². The minimum Gasteiger partial charge on any atom is -0.445 e. The second-order valence-corrected chi connectivity index (χ2v) is 6.77. The fourth-order valence-corrected chi connectivity index (χ4v) is 3.84. The molecule has 0 aliphatic carbocycles. The average molecular weight is 332 g/mol. The largest absolute Gasteiger partial charge is 0.445 e. The van der Waals surface area contributed by atoms with Gasteiger partial charge in [0.1, 0.15) is 6.61 Å². The molecule has 1 saturated heterocycles. The van der Waals surface area contributed by atoms with E-state index in [1.54, 1.807) is 16.2 Å². The maximum atomic E-state index is 12.3. The van der Waals surface area contributed by atoms with Crippen molar-refractivity contribution in [2.24, 2.45) is 11.7 Å². The molecule has 122 valence electrons. The average Bonchev–Trinajstić information content (AvgIpc) is 3.22. The summed E-state index contributed by atoms with van der Waals surface area (Å²) in [4.78, 5) is 14.9. The second-order valence-electron chi connectivity index (χ2n) is 5.82. The van der Waals surface area contributed by atoms with Crippen LogP contribution >= 0.6 is 11.3 Å². The molecule has 1 aromatic carbocycles. The van der Waals surface area contributed by atoms with E-state index in [-0.39, 0.29) is 19.1 Å². The van der Waals surface area contributed by atoms with Gasteiger partial charge >= 0.3 is 6.09 Å². The van der Waals surface area contributed by atoms with Crippen LogP contribution < -0.4 is 5.73 Å². The number of nitrogens with two attached hydrogens (primary N) is 1. The Morgan fingerprint density at radius 1 is 1.35 bits per heavy atom. The number of thiophene rings is 1. The van der Waals surface area contributed by atoms with E-state index < -0.39 is 11.6 Å². The zero-order valence-corrected chi connectivity index (χ0v) is 13.5. The third-order valence-corrected chi connectivity index (χ3v) is 5.35. The summed E-state index contributed by atoms with van der Waals surface area (Å²) >= 11 is 1.55. The van der Waals surface area contributed by atoms with Crippen molar-refractivity contribution < 1.29 is 14.6 Å². The summed E-state index contributed by atoms with van der Waals surface area (Å²) in [5.41, 5.74) is 6.74. The summed E-state index contributed by atoms with van der Waals surface area (Å²) in [5.74, 6) is -0.189. The molecule has 3 N–H and O–H groups in total. The summed E-state index contributed by atoms with van der Waals surface area (Å²) in [6.07, 6.45) is -0.392. The van der Waals surface area contributed by atoms with E-state index in [2.05, 4.69) is 0 Å². The van der Waals surface area contributed by atoms with Crippen LogP contribution in [-0.4, -0.2) is 35.8 Å². The number of aliphatic hydroxyl groups is 1. The Balaban J connectivity index is 1.66. The van der Waals surface area contributed by atoms with Crippen LogP contribution in [0.4, 0.5) is 4.79 Å². The molecule has 23 heavy (non-hydrogen) atoms. The minimum absolute atomic E-state index is 0.0587. The van der Waals surface area contributed by atoms with Crippen molar-refractivity contribution in [1.82, 2.24) is 4.90 Å². The molecule has 3 rings (SSSR count). The van der Waals surface area contributed by atoms with Crippen LogP contribution in [0, 0.1) is 5.92 Å². The first-order valence-corrected chi connectivity index (χ1v) is 8.41. The van der Waals surface area contributed by atoms with Crippen LogP contribution in [0.15, 0.2) is 47.8 Å². The lowest BCUT2D eigenvalue weighted by Crippen LogP contribution is -2.45. The summed E-state index contributed by atoms with van der Waals surface area (Å²) in [6.45, 7) is 0.929. The van der Waals surface area contributed by atoms with Crippen LogP contribution in [-0.2, 0) is 16.9 Å². The molecule has 0 bridgehead atoms. The maximum absolute atomic E-state index is 12.3. The first kappa shape index (κ1) is 16.0. The second kappa shape index (κ2) is 6.70. The van der Waals surface area contributed by atoms with Gasteiger partial charge in [0.2, 0.25) is 0 Å². The normalized spacial score (nSPS) is 23.9. The number of amides is 1. The molecule has 0 radical (unpaired) electrons. The SMILES string of the molecule is N[C@@]1(c2cccs2)CN(C(=O)OCc2ccccc2)C[C@@H]1CO. The van der Waals surface area contributed by atoms with Gasteiger partial charge in [-0.2, -0.15) is 0 Å². The number of likely N-dealkylation sites (tertiary alicyclic amines) is 1. The Hall–Kier alpha value is -1.89. The highest BCUT2D eigenvalue weighted by molar-refractivity contribution is 7.10. The first-order chi connectivity index (χ1) is 11.1. The van der Waals surface area contributed by atoms with E-state index in [9.17, 15) is 9.90 Å². The predicted molar refractivity (Wildman–Crippen MR) is 89.0 cm³/mol. The summed E-state index contributed by atoms with van der Waals surface area (Å²) < 4.78 is 5.37. The third-order valence-electron chi connectivity index (χ3n) is 4.29. The summed E-state index contributed by atoms with van der Waals surface area (Å²) in [5, 5.41) is 11.6. The molecule has 1 amide bonds. The minimum atomic E-state index is -0.714. The van der Waals surface area contributed by atoms with E-state index >= 15 is 0 Å². The van der Waals surface area contributed by atoms with Crippen molar-refractivity contribution in [2.75, 3.05) is 19.7 Å². The molecule has 0 spiro atoms. The quantitative estimate of drug-likeness (QED) is 0.900. The molecule has 2 aromatic rings. The van der Waals surface area contributed by atoms with Crippen LogP contribution in [0.5, 0.6) is 0 Å². The number of nitrogens with zero attached hydrogens (tertiary/aromatic N) is 1. The fourth-order valence-electron chi connectivity index (χ4n) is 2.93. The Labute approximate surface area is 139 Å². The van der Waals surface area contributed by atoms with Crippen molar-refractivity contribution in [1.29, 1.82) is 0 Å². The molecule has 0 unspecified atom stereocenters. The van der Waals surface area contributed by atoms with E-state index in [1.165, 1.54) is 0 Å². The lowest BCUT2D eigenvalue weighted by molar-refractivity contribution is 0.101. The molecular formula is C17H20N2O3S.